The van der Waals surface area contributed by atoms with Gasteiger partial charge in [-0.15, -0.1) is 0 Å². The molecule has 5 nitrogen and oxygen atoms in total. The van der Waals surface area contributed by atoms with E-state index in [2.05, 4.69) is 54.6 Å². The van der Waals surface area contributed by atoms with E-state index < -0.39 is 0 Å². The number of ether oxygens (including phenoxy) is 2. The monoisotopic (exact) mass is 462 g/mol. The minimum atomic E-state index is -0.290. The average Bonchev–Trinajstić information content (AvgIpc) is 3.20. The Kier molecular flexibility index (Phi) is 5.39. The number of hydrogen-bond donors (Lipinski definition) is 0. The van der Waals surface area contributed by atoms with Crippen molar-refractivity contribution in [2.24, 2.45) is 0 Å². The predicted molar refractivity (Wildman–Crippen MR) is 134 cm³/mol. The fourth-order valence-corrected chi connectivity index (χ4v) is 5.71. The highest BCUT2D eigenvalue weighted by molar-refractivity contribution is 5.79. The third-order valence-corrected chi connectivity index (χ3v) is 7.47. The standard InChI is InChI=1S/C30H26N2O3/c1-19-10-11-20(12-22(19)15-31)21-13-23-16-34-17-24(14-21)32(23)30(33)35-18-29-27-8-4-2-6-25(27)26-7-3-5-9-28(26)29/h2-13,23-24,29H,14,16-18H2,1H3. The summed E-state index contributed by atoms with van der Waals surface area (Å²) in [6, 6.07) is 24.7. The number of carbonyl (C=O) groups excluding carboxylic acids is 1. The molecular formula is C30H26N2O3. The molecule has 0 aromatic heterocycles. The summed E-state index contributed by atoms with van der Waals surface area (Å²) in [7, 11) is 0. The molecular weight excluding hydrogens is 436 g/mol. The Morgan fingerprint density at radius 1 is 1.06 bits per heavy atom. The molecule has 3 aromatic carbocycles. The molecule has 35 heavy (non-hydrogen) atoms. The summed E-state index contributed by atoms with van der Waals surface area (Å²) in [5.41, 5.74) is 8.70. The van der Waals surface area contributed by atoms with Gasteiger partial charge in [0, 0.05) is 5.92 Å². The third kappa shape index (κ3) is 3.71. The van der Waals surface area contributed by atoms with Crippen molar-refractivity contribution >= 4 is 11.7 Å². The Hall–Kier alpha value is -3.88. The quantitative estimate of drug-likeness (QED) is 0.503. The molecule has 2 unspecified atom stereocenters. The molecule has 2 heterocycles. The smallest absolute Gasteiger partial charge is 0.410 e. The van der Waals surface area contributed by atoms with Gasteiger partial charge < -0.3 is 9.47 Å². The van der Waals surface area contributed by atoms with Crippen LogP contribution in [-0.2, 0) is 9.47 Å². The largest absolute Gasteiger partial charge is 0.448 e. The zero-order chi connectivity index (χ0) is 23.9. The highest BCUT2D eigenvalue weighted by atomic mass is 16.6. The molecule has 0 radical (unpaired) electrons. The normalized spacial score (nSPS) is 20.5. The number of aryl methyl sites for hydroxylation is 1. The van der Waals surface area contributed by atoms with E-state index in [9.17, 15) is 10.1 Å². The van der Waals surface area contributed by atoms with Gasteiger partial charge in [-0.2, -0.15) is 5.26 Å². The molecule has 0 saturated carbocycles. The van der Waals surface area contributed by atoms with E-state index >= 15 is 0 Å². The minimum absolute atomic E-state index is 0.0373. The van der Waals surface area contributed by atoms with Crippen LogP contribution >= 0.6 is 0 Å². The number of nitrogens with zero attached hydrogens (tertiary/aromatic N) is 2. The highest BCUT2D eigenvalue weighted by Gasteiger charge is 2.40. The summed E-state index contributed by atoms with van der Waals surface area (Å²) in [6.07, 6.45) is 2.49. The molecule has 6 rings (SSSR count). The van der Waals surface area contributed by atoms with Crippen LogP contribution in [0.3, 0.4) is 0 Å². The lowest BCUT2D eigenvalue weighted by atomic mass is 9.89. The number of hydrogen-bond acceptors (Lipinski definition) is 4. The van der Waals surface area contributed by atoms with Crippen molar-refractivity contribution in [2.75, 3.05) is 19.8 Å². The van der Waals surface area contributed by atoms with Crippen LogP contribution in [0.5, 0.6) is 0 Å². The SMILES string of the molecule is Cc1ccc(C2=CC3COCC(C2)N3C(=O)OCC2c3ccccc3-c3ccccc32)cc1C#N. The number of rotatable bonds is 3. The van der Waals surface area contributed by atoms with Crippen molar-refractivity contribution in [1.82, 2.24) is 4.90 Å². The fourth-order valence-electron chi connectivity index (χ4n) is 5.71. The van der Waals surface area contributed by atoms with Crippen molar-refractivity contribution in [3.8, 4) is 17.2 Å². The van der Waals surface area contributed by atoms with Gasteiger partial charge in [-0.1, -0.05) is 66.7 Å². The molecule has 1 amide bonds. The number of carbonyl (C=O) groups is 1. The van der Waals surface area contributed by atoms with Gasteiger partial charge in [-0.25, -0.2) is 4.79 Å². The molecule has 174 valence electrons. The summed E-state index contributed by atoms with van der Waals surface area (Å²) in [6.45, 7) is 3.18. The first-order valence-corrected chi connectivity index (χ1v) is 12.1. The van der Waals surface area contributed by atoms with Gasteiger partial charge in [0.2, 0.25) is 0 Å². The van der Waals surface area contributed by atoms with Gasteiger partial charge in [0.25, 0.3) is 0 Å². The van der Waals surface area contributed by atoms with Crippen LogP contribution in [0, 0.1) is 18.3 Å². The Balaban J connectivity index is 1.22. The highest BCUT2D eigenvalue weighted by Crippen LogP contribution is 2.44. The van der Waals surface area contributed by atoms with E-state index in [1.54, 1.807) is 0 Å². The maximum absolute atomic E-state index is 13.4. The van der Waals surface area contributed by atoms with Crippen LogP contribution in [0.4, 0.5) is 4.79 Å². The van der Waals surface area contributed by atoms with E-state index in [0.29, 0.717) is 31.8 Å². The van der Waals surface area contributed by atoms with E-state index in [1.807, 2.05) is 36.1 Å². The summed E-state index contributed by atoms with van der Waals surface area (Å²) in [5.74, 6) is 0.0373. The van der Waals surface area contributed by atoms with Crippen molar-refractivity contribution in [3.05, 3.63) is 101 Å². The van der Waals surface area contributed by atoms with Crippen LogP contribution in [0.25, 0.3) is 16.7 Å². The summed E-state index contributed by atoms with van der Waals surface area (Å²) >= 11 is 0. The predicted octanol–water partition coefficient (Wildman–Crippen LogP) is 5.67. The number of fused-ring (bicyclic) bond motifs is 5. The second kappa shape index (κ2) is 8.72. The lowest BCUT2D eigenvalue weighted by Crippen LogP contribution is -2.56. The average molecular weight is 463 g/mol. The van der Waals surface area contributed by atoms with Crippen LogP contribution < -0.4 is 0 Å². The lowest BCUT2D eigenvalue weighted by molar-refractivity contribution is -0.0331. The first-order chi connectivity index (χ1) is 17.1. The second-order valence-electron chi connectivity index (χ2n) is 9.51. The molecule has 3 aromatic rings. The zero-order valence-electron chi connectivity index (χ0n) is 19.6. The Bertz CT molecular complexity index is 1340. The summed E-state index contributed by atoms with van der Waals surface area (Å²) < 4.78 is 11.8. The molecule has 2 bridgehead atoms. The van der Waals surface area contributed by atoms with Crippen molar-refractivity contribution < 1.29 is 14.3 Å². The van der Waals surface area contributed by atoms with Crippen molar-refractivity contribution in [1.29, 1.82) is 5.26 Å². The lowest BCUT2D eigenvalue weighted by Gasteiger charge is -2.44. The summed E-state index contributed by atoms with van der Waals surface area (Å²) in [5, 5.41) is 9.43. The molecule has 1 fully saturated rings. The van der Waals surface area contributed by atoms with Gasteiger partial charge >= 0.3 is 6.09 Å². The van der Waals surface area contributed by atoms with Gasteiger partial charge in [0.15, 0.2) is 0 Å². The second-order valence-corrected chi connectivity index (χ2v) is 9.51. The van der Waals surface area contributed by atoms with E-state index in [1.165, 1.54) is 22.3 Å². The van der Waals surface area contributed by atoms with E-state index in [4.69, 9.17) is 9.47 Å². The van der Waals surface area contributed by atoms with Gasteiger partial charge in [-0.3, -0.25) is 4.90 Å². The van der Waals surface area contributed by atoms with Gasteiger partial charge in [0.05, 0.1) is 36.9 Å². The van der Waals surface area contributed by atoms with Crippen molar-refractivity contribution in [2.45, 2.75) is 31.3 Å². The molecule has 2 aliphatic heterocycles. The molecule has 1 aliphatic carbocycles. The molecule has 1 saturated heterocycles. The maximum Gasteiger partial charge on any atom is 0.410 e. The number of benzene rings is 3. The minimum Gasteiger partial charge on any atom is -0.448 e. The Morgan fingerprint density at radius 3 is 2.46 bits per heavy atom. The van der Waals surface area contributed by atoms with Crippen LogP contribution in [0.15, 0.2) is 72.8 Å². The molecule has 0 N–H and O–H groups in total. The van der Waals surface area contributed by atoms with E-state index in [-0.39, 0.29) is 24.1 Å². The number of morpholine rings is 1. The summed E-state index contributed by atoms with van der Waals surface area (Å²) in [4.78, 5) is 15.2. The van der Waals surface area contributed by atoms with Gasteiger partial charge in [-0.05, 0) is 58.4 Å². The molecule has 5 heteroatoms. The van der Waals surface area contributed by atoms with Gasteiger partial charge in [0.1, 0.15) is 6.61 Å². The number of amides is 1. The first kappa shape index (κ1) is 21.6. The van der Waals surface area contributed by atoms with Crippen LogP contribution in [-0.4, -0.2) is 42.9 Å². The molecule has 0 spiro atoms. The Labute approximate surface area is 205 Å². The zero-order valence-corrected chi connectivity index (χ0v) is 19.6. The fraction of sp³-hybridized carbons (Fsp3) is 0.267. The Morgan fingerprint density at radius 2 is 1.77 bits per heavy atom. The first-order valence-electron chi connectivity index (χ1n) is 12.1. The van der Waals surface area contributed by atoms with E-state index in [0.717, 1.165) is 16.7 Å². The van der Waals surface area contributed by atoms with Crippen LogP contribution in [0.2, 0.25) is 0 Å². The topological polar surface area (TPSA) is 62.6 Å². The molecule has 3 aliphatic rings. The molecule has 2 atom stereocenters. The number of nitriles is 1. The van der Waals surface area contributed by atoms with Crippen LogP contribution in [0.1, 0.15) is 40.2 Å². The third-order valence-electron chi connectivity index (χ3n) is 7.47. The van der Waals surface area contributed by atoms with Crippen molar-refractivity contribution in [3.63, 3.8) is 0 Å². The maximum atomic E-state index is 13.4.